The second-order valence-corrected chi connectivity index (χ2v) is 4.48. The smallest absolute Gasteiger partial charge is 0.0621 e. The summed E-state index contributed by atoms with van der Waals surface area (Å²) >= 11 is 0. The Morgan fingerprint density at radius 1 is 1.13 bits per heavy atom. The first-order chi connectivity index (χ1) is 7.11. The average molecular weight is 217 g/mol. The highest BCUT2D eigenvalue weighted by atomic mass is 16.5. The van der Waals surface area contributed by atoms with Crippen molar-refractivity contribution in [2.75, 3.05) is 33.5 Å². The van der Waals surface area contributed by atoms with Gasteiger partial charge in [0.2, 0.25) is 0 Å². The van der Waals surface area contributed by atoms with Crippen LogP contribution in [0.1, 0.15) is 27.7 Å². The number of ether oxygens (including phenoxy) is 2. The van der Waals surface area contributed by atoms with E-state index in [2.05, 4.69) is 26.1 Å². The zero-order valence-electron chi connectivity index (χ0n) is 10.9. The molecule has 3 heteroatoms. The molecule has 0 saturated heterocycles. The van der Waals surface area contributed by atoms with E-state index in [0.717, 1.165) is 26.4 Å². The lowest BCUT2D eigenvalue weighted by Gasteiger charge is -2.24. The molecule has 0 saturated carbocycles. The lowest BCUT2D eigenvalue weighted by Crippen LogP contribution is -2.40. The first-order valence-corrected chi connectivity index (χ1v) is 5.91. The molecule has 0 aliphatic heterocycles. The number of hydrogen-bond acceptors (Lipinski definition) is 3. The van der Waals surface area contributed by atoms with Crippen LogP contribution in [0.3, 0.4) is 0 Å². The van der Waals surface area contributed by atoms with Crippen molar-refractivity contribution in [1.29, 1.82) is 0 Å². The van der Waals surface area contributed by atoms with Gasteiger partial charge in [-0.25, -0.2) is 0 Å². The van der Waals surface area contributed by atoms with Crippen molar-refractivity contribution in [3.63, 3.8) is 0 Å². The van der Waals surface area contributed by atoms with E-state index in [4.69, 9.17) is 9.47 Å². The minimum Gasteiger partial charge on any atom is -0.384 e. The summed E-state index contributed by atoms with van der Waals surface area (Å²) in [4.78, 5) is 0. The van der Waals surface area contributed by atoms with E-state index in [1.807, 2.05) is 6.92 Å². The Balaban J connectivity index is 3.74. The summed E-state index contributed by atoms with van der Waals surface area (Å²) in [5.74, 6) is 1.16. The molecule has 0 aromatic rings. The highest BCUT2D eigenvalue weighted by Gasteiger charge is 2.13. The fourth-order valence-electron chi connectivity index (χ4n) is 1.43. The molecule has 0 fully saturated rings. The first kappa shape index (κ1) is 14.9. The third kappa shape index (κ3) is 7.77. The summed E-state index contributed by atoms with van der Waals surface area (Å²) in [7, 11) is 1.75. The van der Waals surface area contributed by atoms with Gasteiger partial charge in [-0.3, -0.25) is 0 Å². The molecule has 0 spiro atoms. The number of nitrogens with one attached hydrogen (secondary N) is 1. The van der Waals surface area contributed by atoms with E-state index < -0.39 is 0 Å². The molecule has 0 bridgehead atoms. The number of hydrogen-bond donors (Lipinski definition) is 1. The fourth-order valence-corrected chi connectivity index (χ4v) is 1.43. The maximum Gasteiger partial charge on any atom is 0.0621 e. The second-order valence-electron chi connectivity index (χ2n) is 4.48. The van der Waals surface area contributed by atoms with Gasteiger partial charge in [0.25, 0.3) is 0 Å². The molecule has 3 nitrogen and oxygen atoms in total. The van der Waals surface area contributed by atoms with Gasteiger partial charge < -0.3 is 14.8 Å². The SMILES string of the molecule is CCOCC(NCC(C)COC)C(C)C. The number of methoxy groups -OCH3 is 1. The van der Waals surface area contributed by atoms with Gasteiger partial charge in [0.05, 0.1) is 6.61 Å². The maximum absolute atomic E-state index is 5.46. The normalized spacial score (nSPS) is 15.6. The molecule has 92 valence electrons. The zero-order chi connectivity index (χ0) is 11.7. The van der Waals surface area contributed by atoms with Crippen molar-refractivity contribution in [1.82, 2.24) is 5.32 Å². The Kier molecular flexibility index (Phi) is 9.06. The van der Waals surface area contributed by atoms with Crippen molar-refractivity contribution in [3.05, 3.63) is 0 Å². The molecule has 2 atom stereocenters. The van der Waals surface area contributed by atoms with Crippen LogP contribution in [-0.4, -0.2) is 39.5 Å². The van der Waals surface area contributed by atoms with Gasteiger partial charge in [0.1, 0.15) is 0 Å². The van der Waals surface area contributed by atoms with Gasteiger partial charge in [0.15, 0.2) is 0 Å². The summed E-state index contributed by atoms with van der Waals surface area (Å²) in [5.41, 5.74) is 0. The van der Waals surface area contributed by atoms with Gasteiger partial charge >= 0.3 is 0 Å². The Morgan fingerprint density at radius 2 is 1.80 bits per heavy atom. The van der Waals surface area contributed by atoms with Crippen LogP contribution in [0.5, 0.6) is 0 Å². The van der Waals surface area contributed by atoms with Gasteiger partial charge in [0, 0.05) is 32.9 Å². The molecular formula is C12H27NO2. The van der Waals surface area contributed by atoms with Crippen LogP contribution < -0.4 is 5.32 Å². The van der Waals surface area contributed by atoms with Crippen LogP contribution in [0.15, 0.2) is 0 Å². The average Bonchev–Trinajstić information content (AvgIpc) is 2.17. The van der Waals surface area contributed by atoms with E-state index in [0.29, 0.717) is 17.9 Å². The van der Waals surface area contributed by atoms with Crippen molar-refractivity contribution in [3.8, 4) is 0 Å². The minimum absolute atomic E-state index is 0.448. The van der Waals surface area contributed by atoms with Gasteiger partial charge in [-0.05, 0) is 18.8 Å². The predicted octanol–water partition coefficient (Wildman–Crippen LogP) is 1.92. The molecule has 2 unspecified atom stereocenters. The summed E-state index contributed by atoms with van der Waals surface area (Å²) in [6.45, 7) is 12.1. The van der Waals surface area contributed by atoms with Crippen molar-refractivity contribution in [2.45, 2.75) is 33.7 Å². The molecule has 0 aromatic heterocycles. The summed E-state index contributed by atoms with van der Waals surface area (Å²) in [5, 5.41) is 3.53. The lowest BCUT2D eigenvalue weighted by molar-refractivity contribution is 0.102. The largest absolute Gasteiger partial charge is 0.384 e. The van der Waals surface area contributed by atoms with Crippen LogP contribution in [0.4, 0.5) is 0 Å². The molecule has 0 aliphatic carbocycles. The van der Waals surface area contributed by atoms with Gasteiger partial charge in [-0.15, -0.1) is 0 Å². The fraction of sp³-hybridized carbons (Fsp3) is 1.00. The molecular weight excluding hydrogens is 190 g/mol. The van der Waals surface area contributed by atoms with Crippen molar-refractivity contribution >= 4 is 0 Å². The van der Waals surface area contributed by atoms with Crippen LogP contribution in [0.25, 0.3) is 0 Å². The second kappa shape index (κ2) is 9.13. The maximum atomic E-state index is 5.46. The molecule has 0 heterocycles. The summed E-state index contributed by atoms with van der Waals surface area (Å²) in [6, 6.07) is 0.448. The molecule has 0 rings (SSSR count). The third-order valence-corrected chi connectivity index (χ3v) is 2.49. The molecule has 0 aliphatic rings. The first-order valence-electron chi connectivity index (χ1n) is 5.91. The molecule has 0 amide bonds. The van der Waals surface area contributed by atoms with E-state index in [1.54, 1.807) is 7.11 Å². The molecule has 1 N–H and O–H groups in total. The predicted molar refractivity (Wildman–Crippen MR) is 64.2 cm³/mol. The summed E-state index contributed by atoms with van der Waals surface area (Å²) in [6.07, 6.45) is 0. The Labute approximate surface area is 94.5 Å². The van der Waals surface area contributed by atoms with E-state index in [1.165, 1.54) is 0 Å². The van der Waals surface area contributed by atoms with Crippen LogP contribution in [0, 0.1) is 11.8 Å². The van der Waals surface area contributed by atoms with Gasteiger partial charge in [-0.1, -0.05) is 20.8 Å². The minimum atomic E-state index is 0.448. The highest BCUT2D eigenvalue weighted by molar-refractivity contribution is 4.71. The molecule has 0 radical (unpaired) electrons. The Morgan fingerprint density at radius 3 is 2.27 bits per heavy atom. The molecule has 0 aromatic carbocycles. The zero-order valence-corrected chi connectivity index (χ0v) is 10.9. The molecule has 15 heavy (non-hydrogen) atoms. The van der Waals surface area contributed by atoms with Crippen LogP contribution in [-0.2, 0) is 9.47 Å². The Bertz CT molecular complexity index is 140. The van der Waals surface area contributed by atoms with E-state index in [9.17, 15) is 0 Å². The summed E-state index contributed by atoms with van der Waals surface area (Å²) < 4.78 is 10.6. The lowest BCUT2D eigenvalue weighted by atomic mass is 10.0. The standard InChI is InChI=1S/C12H27NO2/c1-6-15-9-12(10(2)3)13-7-11(4)8-14-5/h10-13H,6-9H2,1-5H3. The monoisotopic (exact) mass is 217 g/mol. The third-order valence-electron chi connectivity index (χ3n) is 2.49. The number of rotatable bonds is 9. The van der Waals surface area contributed by atoms with Crippen LogP contribution >= 0.6 is 0 Å². The van der Waals surface area contributed by atoms with Crippen LogP contribution in [0.2, 0.25) is 0 Å². The topological polar surface area (TPSA) is 30.5 Å². The highest BCUT2D eigenvalue weighted by Crippen LogP contribution is 2.03. The van der Waals surface area contributed by atoms with Crippen molar-refractivity contribution in [2.24, 2.45) is 11.8 Å². The van der Waals surface area contributed by atoms with E-state index in [-0.39, 0.29) is 0 Å². The van der Waals surface area contributed by atoms with Crippen molar-refractivity contribution < 1.29 is 9.47 Å². The quantitative estimate of drug-likeness (QED) is 0.640. The Hall–Kier alpha value is -0.120. The van der Waals surface area contributed by atoms with Gasteiger partial charge in [-0.2, -0.15) is 0 Å². The van der Waals surface area contributed by atoms with E-state index >= 15 is 0 Å².